The highest BCUT2D eigenvalue weighted by atomic mass is 79.9. The van der Waals surface area contributed by atoms with E-state index in [1.165, 1.54) is 0 Å². The number of nitrogens with one attached hydrogen (secondary N) is 2. The zero-order valence-corrected chi connectivity index (χ0v) is 10.9. The smallest absolute Gasteiger partial charge is 0.186 e. The Balaban J connectivity index is 2.75. The van der Waals surface area contributed by atoms with Gasteiger partial charge in [-0.3, -0.25) is 5.43 Å². The van der Waals surface area contributed by atoms with Crippen LogP contribution in [0.25, 0.3) is 0 Å². The predicted molar refractivity (Wildman–Crippen MR) is 71.1 cm³/mol. The van der Waals surface area contributed by atoms with Gasteiger partial charge in [0.05, 0.1) is 5.71 Å². The molecule has 80 valence electrons. The summed E-state index contributed by atoms with van der Waals surface area (Å²) in [4.78, 5) is 0. The summed E-state index contributed by atoms with van der Waals surface area (Å²) >= 11 is 8.32. The molecule has 0 heterocycles. The third-order valence-corrected chi connectivity index (χ3v) is 2.58. The Hall–Kier alpha value is -0.940. The molecular formula is C10H12BrN3S. The minimum absolute atomic E-state index is 0.504. The number of nitrogens with zero attached hydrogens (tertiary/aromatic N) is 1. The Morgan fingerprint density at radius 3 is 2.80 bits per heavy atom. The summed E-state index contributed by atoms with van der Waals surface area (Å²) in [6.45, 7) is 1.92. The van der Waals surface area contributed by atoms with Crippen LogP contribution >= 0.6 is 28.1 Å². The summed E-state index contributed by atoms with van der Waals surface area (Å²) in [5, 5.41) is 7.44. The highest BCUT2D eigenvalue weighted by Crippen LogP contribution is 2.12. The van der Waals surface area contributed by atoms with Gasteiger partial charge in [-0.1, -0.05) is 28.1 Å². The summed E-state index contributed by atoms with van der Waals surface area (Å²) < 4.78 is 1.03. The zero-order chi connectivity index (χ0) is 11.3. The van der Waals surface area contributed by atoms with Crippen molar-refractivity contribution in [2.24, 2.45) is 5.10 Å². The fourth-order valence-electron chi connectivity index (χ4n) is 0.969. The van der Waals surface area contributed by atoms with Crippen molar-refractivity contribution in [1.82, 2.24) is 10.7 Å². The number of halogens is 1. The van der Waals surface area contributed by atoms with E-state index >= 15 is 0 Å². The van der Waals surface area contributed by atoms with Crippen LogP contribution in [0.3, 0.4) is 0 Å². The summed E-state index contributed by atoms with van der Waals surface area (Å²) in [6, 6.07) is 7.94. The Labute approximate surface area is 103 Å². The van der Waals surface area contributed by atoms with Crippen LogP contribution in [-0.4, -0.2) is 17.9 Å². The number of rotatable bonds is 2. The molecule has 0 aromatic heterocycles. The fourth-order valence-corrected chi connectivity index (χ4v) is 1.41. The minimum Gasteiger partial charge on any atom is -0.364 e. The van der Waals surface area contributed by atoms with E-state index in [0.29, 0.717) is 5.11 Å². The molecule has 1 rings (SSSR count). The van der Waals surface area contributed by atoms with E-state index in [1.54, 1.807) is 7.05 Å². The molecule has 0 unspecified atom stereocenters. The van der Waals surface area contributed by atoms with E-state index in [9.17, 15) is 0 Å². The first-order chi connectivity index (χ1) is 7.13. The van der Waals surface area contributed by atoms with Crippen molar-refractivity contribution < 1.29 is 0 Å². The van der Waals surface area contributed by atoms with Crippen LogP contribution in [0.5, 0.6) is 0 Å². The number of hydrogen-bond donors (Lipinski definition) is 2. The van der Waals surface area contributed by atoms with Crippen LogP contribution in [0, 0.1) is 0 Å². The van der Waals surface area contributed by atoms with Crippen LogP contribution in [0.4, 0.5) is 0 Å². The average molecular weight is 286 g/mol. The lowest BCUT2D eigenvalue weighted by molar-refractivity contribution is 0.974. The number of hydrazone groups is 1. The second-order valence-electron chi connectivity index (χ2n) is 2.90. The van der Waals surface area contributed by atoms with Crippen LogP contribution in [0.2, 0.25) is 0 Å². The molecule has 15 heavy (non-hydrogen) atoms. The maximum atomic E-state index is 4.91. The van der Waals surface area contributed by atoms with Gasteiger partial charge in [-0.15, -0.1) is 0 Å². The second kappa shape index (κ2) is 5.82. The molecule has 0 spiro atoms. The van der Waals surface area contributed by atoms with Crippen LogP contribution in [0.15, 0.2) is 33.8 Å². The molecule has 0 fully saturated rings. The quantitative estimate of drug-likeness (QED) is 0.497. The fraction of sp³-hybridized carbons (Fsp3) is 0.200. The molecular weight excluding hydrogens is 274 g/mol. The van der Waals surface area contributed by atoms with Crippen LogP contribution in [0.1, 0.15) is 12.5 Å². The normalized spacial score (nSPS) is 11.0. The molecule has 0 saturated heterocycles. The minimum atomic E-state index is 0.504. The lowest BCUT2D eigenvalue weighted by Gasteiger charge is -2.04. The van der Waals surface area contributed by atoms with Crippen molar-refractivity contribution >= 4 is 39.0 Å². The zero-order valence-electron chi connectivity index (χ0n) is 8.54. The lowest BCUT2D eigenvalue weighted by Crippen LogP contribution is -2.29. The topological polar surface area (TPSA) is 36.4 Å². The van der Waals surface area contributed by atoms with Crippen molar-refractivity contribution in [3.8, 4) is 0 Å². The molecule has 1 aromatic rings. The molecule has 0 bridgehead atoms. The molecule has 5 heteroatoms. The summed E-state index contributed by atoms with van der Waals surface area (Å²) in [5.74, 6) is 0. The Kier molecular flexibility index (Phi) is 4.71. The van der Waals surface area contributed by atoms with Crippen molar-refractivity contribution in [1.29, 1.82) is 0 Å². The van der Waals surface area contributed by atoms with E-state index in [0.717, 1.165) is 15.7 Å². The largest absolute Gasteiger partial charge is 0.364 e. The summed E-state index contributed by atoms with van der Waals surface area (Å²) in [7, 11) is 1.75. The van der Waals surface area contributed by atoms with Gasteiger partial charge >= 0.3 is 0 Å². The number of hydrogen-bond acceptors (Lipinski definition) is 2. The first kappa shape index (κ1) is 12.1. The van der Waals surface area contributed by atoms with Gasteiger partial charge in [-0.25, -0.2) is 0 Å². The molecule has 3 nitrogen and oxygen atoms in total. The standard InChI is InChI=1S/C10H12BrN3S/c1-7(13-14-10(15)12-2)8-4-3-5-9(11)6-8/h3-6H,1-2H3,(H2,12,14,15)/b13-7+. The molecule has 0 amide bonds. The maximum absolute atomic E-state index is 4.91. The van der Waals surface area contributed by atoms with E-state index in [2.05, 4.69) is 31.8 Å². The monoisotopic (exact) mass is 285 g/mol. The average Bonchev–Trinajstić information content (AvgIpc) is 2.25. The predicted octanol–water partition coefficient (Wildman–Crippen LogP) is 2.27. The summed E-state index contributed by atoms with van der Waals surface area (Å²) in [5.41, 5.74) is 4.68. The van der Waals surface area contributed by atoms with Crippen LogP contribution in [-0.2, 0) is 0 Å². The summed E-state index contributed by atoms with van der Waals surface area (Å²) in [6.07, 6.45) is 0. The van der Waals surface area contributed by atoms with E-state index < -0.39 is 0 Å². The SMILES string of the molecule is CNC(=S)N/N=C(\C)c1cccc(Br)c1. The number of benzene rings is 1. The van der Waals surface area contributed by atoms with Crippen LogP contribution < -0.4 is 10.7 Å². The number of thiocarbonyl (C=S) groups is 1. The Morgan fingerprint density at radius 2 is 2.20 bits per heavy atom. The van der Waals surface area contributed by atoms with Crippen molar-refractivity contribution in [3.63, 3.8) is 0 Å². The molecule has 2 N–H and O–H groups in total. The first-order valence-electron chi connectivity index (χ1n) is 4.41. The first-order valence-corrected chi connectivity index (χ1v) is 5.61. The molecule has 0 atom stereocenters. The lowest BCUT2D eigenvalue weighted by atomic mass is 10.1. The third-order valence-electron chi connectivity index (χ3n) is 1.79. The van der Waals surface area contributed by atoms with Crippen molar-refractivity contribution in [2.75, 3.05) is 7.05 Å². The Bertz CT molecular complexity index is 390. The molecule has 1 aromatic carbocycles. The van der Waals surface area contributed by atoms with Gasteiger partial charge < -0.3 is 5.32 Å². The third kappa shape index (κ3) is 3.97. The van der Waals surface area contributed by atoms with Gasteiger partial charge in [0.15, 0.2) is 5.11 Å². The van der Waals surface area contributed by atoms with E-state index in [4.69, 9.17) is 12.2 Å². The molecule has 0 aliphatic rings. The molecule has 0 saturated carbocycles. The van der Waals surface area contributed by atoms with Crippen molar-refractivity contribution in [3.05, 3.63) is 34.3 Å². The van der Waals surface area contributed by atoms with Gasteiger partial charge in [0.25, 0.3) is 0 Å². The molecule has 0 aliphatic carbocycles. The van der Waals surface area contributed by atoms with Gasteiger partial charge in [-0.2, -0.15) is 5.10 Å². The van der Waals surface area contributed by atoms with Gasteiger partial charge in [0.2, 0.25) is 0 Å². The second-order valence-corrected chi connectivity index (χ2v) is 4.22. The highest BCUT2D eigenvalue weighted by Gasteiger charge is 1.97. The molecule has 0 aliphatic heterocycles. The van der Waals surface area contributed by atoms with Crippen molar-refractivity contribution in [2.45, 2.75) is 6.92 Å². The van der Waals surface area contributed by atoms with Gasteiger partial charge in [-0.05, 0) is 36.8 Å². The highest BCUT2D eigenvalue weighted by molar-refractivity contribution is 9.10. The van der Waals surface area contributed by atoms with E-state index in [-0.39, 0.29) is 0 Å². The van der Waals surface area contributed by atoms with E-state index in [1.807, 2.05) is 31.2 Å². The molecule has 0 radical (unpaired) electrons. The van der Waals surface area contributed by atoms with Gasteiger partial charge in [0, 0.05) is 11.5 Å². The Morgan fingerprint density at radius 1 is 1.47 bits per heavy atom. The van der Waals surface area contributed by atoms with Gasteiger partial charge in [0.1, 0.15) is 0 Å². The maximum Gasteiger partial charge on any atom is 0.186 e.